The summed E-state index contributed by atoms with van der Waals surface area (Å²) in [7, 11) is 0. The van der Waals surface area contributed by atoms with Gasteiger partial charge in [0.2, 0.25) is 0 Å². The summed E-state index contributed by atoms with van der Waals surface area (Å²) in [4.78, 5) is 99.1. The Labute approximate surface area is 353 Å². The quantitative estimate of drug-likeness (QED) is 0.0820. The lowest BCUT2D eigenvalue weighted by Gasteiger charge is -2.46. The molecule has 20 nitrogen and oxygen atoms in total. The van der Waals surface area contributed by atoms with Crippen LogP contribution in [-0.2, 0) is 85.7 Å². The monoisotopic (exact) mass is 868 g/mol. The van der Waals surface area contributed by atoms with E-state index in [0.29, 0.717) is 0 Å². The minimum atomic E-state index is -1.66. The second kappa shape index (κ2) is 19.1. The third-order valence-electron chi connectivity index (χ3n) is 9.58. The molecule has 0 atom stereocenters. The Bertz CT molecular complexity index is 1940. The van der Waals surface area contributed by atoms with Gasteiger partial charge in [-0.05, 0) is 38.2 Å². The third kappa shape index (κ3) is 11.2. The molecule has 4 heterocycles. The average Bonchev–Trinajstić information content (AvgIpc) is 3.18. The number of rotatable bonds is 14. The van der Waals surface area contributed by atoms with E-state index in [-0.39, 0.29) is 75.7 Å². The van der Waals surface area contributed by atoms with E-state index in [1.165, 1.54) is 50.3 Å². The lowest BCUT2D eigenvalue weighted by Crippen LogP contribution is -2.53. The average molecular weight is 869 g/mol. The second-order valence-electron chi connectivity index (χ2n) is 14.3. The molecule has 2 saturated heterocycles. The van der Waals surface area contributed by atoms with Crippen molar-refractivity contribution in [1.82, 2.24) is 0 Å². The van der Waals surface area contributed by atoms with E-state index < -0.39 is 93.9 Å². The maximum Gasteiger partial charge on any atom is 0.348 e. The number of hydrogen-bond acceptors (Lipinski definition) is 20. The molecule has 62 heavy (non-hydrogen) atoms. The number of allylic oxidation sites excluding steroid dienone is 8. The predicted octanol–water partition coefficient (Wildman–Crippen LogP) is 4.04. The summed E-state index contributed by atoms with van der Waals surface area (Å²) in [5.41, 5.74) is -1.56. The van der Waals surface area contributed by atoms with Crippen molar-refractivity contribution < 1.29 is 95.9 Å². The van der Waals surface area contributed by atoms with E-state index in [0.717, 1.165) is 24.3 Å². The van der Waals surface area contributed by atoms with Crippen LogP contribution >= 0.6 is 0 Å². The fourth-order valence-electron chi connectivity index (χ4n) is 6.37. The maximum atomic E-state index is 12.9. The van der Waals surface area contributed by atoms with Crippen LogP contribution in [0.4, 0.5) is 0 Å². The van der Waals surface area contributed by atoms with Gasteiger partial charge in [-0.3, -0.25) is 9.59 Å². The first-order chi connectivity index (χ1) is 29.3. The van der Waals surface area contributed by atoms with Crippen molar-refractivity contribution in [3.8, 4) is 0 Å². The first-order valence-electron chi connectivity index (χ1n) is 19.4. The van der Waals surface area contributed by atoms with E-state index in [2.05, 4.69) is 0 Å². The van der Waals surface area contributed by atoms with Gasteiger partial charge < -0.3 is 57.6 Å². The van der Waals surface area contributed by atoms with Gasteiger partial charge in [0.15, 0.2) is 0 Å². The summed E-state index contributed by atoms with van der Waals surface area (Å²) in [6.45, 7) is 6.29. The molecule has 5 aliphatic rings. The molecule has 20 heteroatoms. The molecule has 0 aromatic carbocycles. The van der Waals surface area contributed by atoms with Crippen LogP contribution in [0.1, 0.15) is 79.1 Å². The molecule has 0 aromatic heterocycles. The standard InChI is InChI=1S/C42H44O20/c1-5-53-29(43)17-19-39(3)55-31(45)25(32(46)56-39)13-9-7-11-15-27-35(49)59-41(60-36(27)50)21-23-42(24-22-41)61-37(51)28(38(52)62-42)16-12-8-10-14-26-33(47)57-40(4,58-34(26)48)20-18-30(44)54-6-2/h7-16,49,51H,5-6,17-24H2,1-4H3/b9-7+,10-8+,15-11+,16-12+,25-13?,26-14?. The molecule has 4 aliphatic heterocycles. The molecule has 5 rings (SSSR count). The van der Waals surface area contributed by atoms with Crippen molar-refractivity contribution in [2.75, 3.05) is 13.2 Å². The highest BCUT2D eigenvalue weighted by Crippen LogP contribution is 2.46. The predicted molar refractivity (Wildman–Crippen MR) is 203 cm³/mol. The van der Waals surface area contributed by atoms with Crippen LogP contribution in [0.2, 0.25) is 0 Å². The molecule has 332 valence electrons. The van der Waals surface area contributed by atoms with Gasteiger partial charge in [0, 0.05) is 52.4 Å². The fourth-order valence-corrected chi connectivity index (χ4v) is 6.37. The van der Waals surface area contributed by atoms with Crippen molar-refractivity contribution in [3.05, 3.63) is 94.9 Å². The molecule has 0 radical (unpaired) electrons. The van der Waals surface area contributed by atoms with Gasteiger partial charge >= 0.3 is 47.8 Å². The Morgan fingerprint density at radius 1 is 0.516 bits per heavy atom. The van der Waals surface area contributed by atoms with E-state index in [1.54, 1.807) is 13.8 Å². The molecular weight excluding hydrogens is 824 g/mol. The zero-order valence-electron chi connectivity index (χ0n) is 34.1. The molecule has 0 amide bonds. The largest absolute Gasteiger partial charge is 0.480 e. The highest BCUT2D eigenvalue weighted by Gasteiger charge is 2.55. The molecule has 1 saturated carbocycles. The highest BCUT2D eigenvalue weighted by molar-refractivity contribution is 6.16. The maximum absolute atomic E-state index is 12.9. The summed E-state index contributed by atoms with van der Waals surface area (Å²) in [5.74, 6) is -15.0. The van der Waals surface area contributed by atoms with Crippen molar-refractivity contribution in [2.45, 2.75) is 102 Å². The second-order valence-corrected chi connectivity index (χ2v) is 14.3. The van der Waals surface area contributed by atoms with Gasteiger partial charge in [-0.25, -0.2) is 28.8 Å². The Morgan fingerprint density at radius 3 is 1.16 bits per heavy atom. The Kier molecular flexibility index (Phi) is 14.1. The minimum Gasteiger partial charge on any atom is -0.480 e. The summed E-state index contributed by atoms with van der Waals surface area (Å²) >= 11 is 0. The zero-order chi connectivity index (χ0) is 45.3. The van der Waals surface area contributed by atoms with Crippen LogP contribution in [0.25, 0.3) is 0 Å². The van der Waals surface area contributed by atoms with Crippen LogP contribution in [0.15, 0.2) is 94.9 Å². The molecule has 2 N–H and O–H groups in total. The number of esters is 8. The summed E-state index contributed by atoms with van der Waals surface area (Å²) in [5, 5.41) is 21.3. The van der Waals surface area contributed by atoms with E-state index in [1.807, 2.05) is 0 Å². The molecule has 2 spiro atoms. The number of carbonyl (C=O) groups excluding carboxylic acids is 8. The van der Waals surface area contributed by atoms with Gasteiger partial charge in [0.1, 0.15) is 22.3 Å². The topological polar surface area (TPSA) is 269 Å². The molecular formula is C42H44O20. The number of hydrogen-bond donors (Lipinski definition) is 2. The summed E-state index contributed by atoms with van der Waals surface area (Å²) in [6, 6.07) is 0. The third-order valence-corrected chi connectivity index (χ3v) is 9.58. The molecule has 0 unspecified atom stereocenters. The van der Waals surface area contributed by atoms with Crippen molar-refractivity contribution >= 4 is 47.8 Å². The summed E-state index contributed by atoms with van der Waals surface area (Å²) in [6.07, 6.45) is 11.4. The first-order valence-corrected chi connectivity index (χ1v) is 19.4. The van der Waals surface area contributed by atoms with Crippen LogP contribution in [0, 0.1) is 0 Å². The van der Waals surface area contributed by atoms with Crippen molar-refractivity contribution in [2.24, 2.45) is 0 Å². The van der Waals surface area contributed by atoms with Crippen LogP contribution in [-0.4, -0.2) is 94.3 Å². The van der Waals surface area contributed by atoms with Gasteiger partial charge in [-0.2, -0.15) is 0 Å². The van der Waals surface area contributed by atoms with Gasteiger partial charge in [0.05, 0.1) is 26.1 Å². The van der Waals surface area contributed by atoms with Crippen molar-refractivity contribution in [3.63, 3.8) is 0 Å². The normalized spacial score (nSPS) is 27.8. The van der Waals surface area contributed by atoms with Crippen molar-refractivity contribution in [1.29, 1.82) is 0 Å². The first kappa shape index (κ1) is 46.0. The lowest BCUT2D eigenvalue weighted by atomic mass is 9.87. The zero-order valence-corrected chi connectivity index (χ0v) is 34.1. The van der Waals surface area contributed by atoms with E-state index >= 15 is 0 Å². The Morgan fingerprint density at radius 2 is 0.855 bits per heavy atom. The number of aliphatic hydroxyl groups is 2. The molecule has 0 aromatic rings. The van der Waals surface area contributed by atoms with Crippen LogP contribution in [0.3, 0.4) is 0 Å². The lowest BCUT2D eigenvalue weighted by molar-refractivity contribution is -0.302. The van der Waals surface area contributed by atoms with Gasteiger partial charge in [-0.1, -0.05) is 36.5 Å². The van der Waals surface area contributed by atoms with Crippen LogP contribution < -0.4 is 0 Å². The Hall–Kier alpha value is -7.12. The van der Waals surface area contributed by atoms with E-state index in [4.69, 9.17) is 47.4 Å². The number of cyclic esters (lactones) is 4. The van der Waals surface area contributed by atoms with Gasteiger partial charge in [0.25, 0.3) is 35.0 Å². The van der Waals surface area contributed by atoms with Gasteiger partial charge in [-0.15, -0.1) is 0 Å². The minimum absolute atomic E-state index is 0.105. The number of carbonyl (C=O) groups is 8. The van der Waals surface area contributed by atoms with Crippen LogP contribution in [0.5, 0.6) is 0 Å². The number of ether oxygens (including phenoxy) is 10. The Balaban J connectivity index is 1.12. The molecule has 0 bridgehead atoms. The number of aliphatic hydroxyl groups excluding tert-OH is 2. The summed E-state index contributed by atoms with van der Waals surface area (Å²) < 4.78 is 52.8. The highest BCUT2D eigenvalue weighted by atomic mass is 16.8. The SMILES string of the molecule is CCOC(=O)CCC1(C)OC(=O)C(=C/C=C/C=C/C2=C(O)OC3(CCC4(CC3)OC(=O)C(/C=C/C=C/C=C3C(=O)OC(C)(CCC(=O)OCC)OC3=O)=C(O)O4)OC2=O)C(=O)O1. The molecule has 1 aliphatic carbocycles. The smallest absolute Gasteiger partial charge is 0.348 e. The molecule has 3 fully saturated rings. The van der Waals surface area contributed by atoms with E-state index in [9.17, 15) is 48.6 Å². The fraction of sp³-hybridized carbons (Fsp3) is 0.429.